The summed E-state index contributed by atoms with van der Waals surface area (Å²) >= 11 is 12.5. The molecule has 0 N–H and O–H groups in total. The maximum absolute atomic E-state index is 10.9. The normalized spacial score (nSPS) is 13.1. The largest absolute Gasteiger partial charge is 0.497 e. The molecular formula is C15H12Cl2N2O3. The number of nitro benzene ring substituents is 1. The predicted octanol–water partition coefficient (Wildman–Crippen LogP) is 4.60. The van der Waals surface area contributed by atoms with Gasteiger partial charge in [-0.1, -0.05) is 23.2 Å². The average molecular weight is 339 g/mol. The molecule has 0 saturated heterocycles. The van der Waals surface area contributed by atoms with Crippen LogP contribution in [-0.4, -0.2) is 18.6 Å². The second-order valence-electron chi connectivity index (χ2n) is 4.91. The maximum Gasteiger partial charge on any atom is 0.272 e. The van der Waals surface area contributed by atoms with Crippen molar-refractivity contribution in [2.75, 3.05) is 18.6 Å². The van der Waals surface area contributed by atoms with Gasteiger partial charge in [0, 0.05) is 24.4 Å². The summed E-state index contributed by atoms with van der Waals surface area (Å²) in [5, 5.41) is 11.4. The van der Waals surface area contributed by atoms with E-state index in [-0.39, 0.29) is 15.7 Å². The smallest absolute Gasteiger partial charge is 0.272 e. The van der Waals surface area contributed by atoms with Crippen molar-refractivity contribution in [1.29, 1.82) is 0 Å². The minimum absolute atomic E-state index is 0.118. The van der Waals surface area contributed by atoms with Crippen LogP contribution in [0.25, 0.3) is 0 Å². The molecule has 3 rings (SSSR count). The van der Waals surface area contributed by atoms with Gasteiger partial charge in [0.25, 0.3) is 5.69 Å². The van der Waals surface area contributed by atoms with Gasteiger partial charge in [-0.25, -0.2) is 0 Å². The van der Waals surface area contributed by atoms with Gasteiger partial charge in [-0.3, -0.25) is 10.1 Å². The third kappa shape index (κ3) is 2.46. The first-order valence-electron chi connectivity index (χ1n) is 6.59. The molecule has 7 heteroatoms. The van der Waals surface area contributed by atoms with Crippen LogP contribution in [0.15, 0.2) is 30.3 Å². The summed E-state index contributed by atoms with van der Waals surface area (Å²) in [5.41, 5.74) is 2.59. The minimum atomic E-state index is -0.510. The van der Waals surface area contributed by atoms with Crippen LogP contribution in [0.4, 0.5) is 17.1 Å². The summed E-state index contributed by atoms with van der Waals surface area (Å²) in [6.45, 7) is 0.708. The number of fused-ring (bicyclic) bond motifs is 1. The lowest BCUT2D eigenvalue weighted by Crippen LogP contribution is -2.14. The fraction of sp³-hybridized carbons (Fsp3) is 0.200. The van der Waals surface area contributed by atoms with E-state index in [0.29, 0.717) is 12.2 Å². The highest BCUT2D eigenvalue weighted by molar-refractivity contribution is 6.39. The Bertz CT molecular complexity index is 741. The zero-order valence-electron chi connectivity index (χ0n) is 11.7. The number of hydrogen-bond acceptors (Lipinski definition) is 4. The van der Waals surface area contributed by atoms with Gasteiger partial charge < -0.3 is 9.64 Å². The molecule has 0 radical (unpaired) electrons. The van der Waals surface area contributed by atoms with E-state index in [4.69, 9.17) is 27.9 Å². The van der Waals surface area contributed by atoms with Crippen LogP contribution in [-0.2, 0) is 6.42 Å². The molecule has 114 valence electrons. The van der Waals surface area contributed by atoms with Gasteiger partial charge in [0.2, 0.25) is 0 Å². The highest BCUT2D eigenvalue weighted by atomic mass is 35.5. The van der Waals surface area contributed by atoms with E-state index in [9.17, 15) is 10.1 Å². The lowest BCUT2D eigenvalue weighted by molar-refractivity contribution is -0.384. The van der Waals surface area contributed by atoms with Crippen LogP contribution >= 0.6 is 23.2 Å². The summed E-state index contributed by atoms with van der Waals surface area (Å²) in [5.74, 6) is 0.793. The molecule has 1 aliphatic rings. The maximum atomic E-state index is 10.9. The van der Waals surface area contributed by atoms with E-state index in [1.54, 1.807) is 7.11 Å². The molecule has 0 aromatic heterocycles. The number of nitrogens with zero attached hydrogens (tertiary/aromatic N) is 2. The van der Waals surface area contributed by atoms with Crippen LogP contribution in [0, 0.1) is 10.1 Å². The fourth-order valence-corrected chi connectivity index (χ4v) is 3.33. The van der Waals surface area contributed by atoms with Gasteiger partial charge >= 0.3 is 0 Å². The van der Waals surface area contributed by atoms with Gasteiger partial charge in [0.05, 0.1) is 27.8 Å². The van der Waals surface area contributed by atoms with Crippen LogP contribution in [0.1, 0.15) is 5.56 Å². The standard InChI is InChI=1S/C15H12Cl2N2O3/c1-22-11-2-3-14-9(6-11)4-5-18(14)15-12(16)7-10(19(20)21)8-13(15)17/h2-3,6-8H,4-5H2,1H3. The van der Waals surface area contributed by atoms with E-state index in [1.807, 2.05) is 23.1 Å². The third-order valence-electron chi connectivity index (χ3n) is 3.66. The molecule has 1 heterocycles. The van der Waals surface area contributed by atoms with E-state index in [1.165, 1.54) is 12.1 Å². The summed E-state index contributed by atoms with van der Waals surface area (Å²) < 4.78 is 5.22. The van der Waals surface area contributed by atoms with Crippen LogP contribution < -0.4 is 9.64 Å². The summed E-state index contributed by atoms with van der Waals surface area (Å²) in [6, 6.07) is 8.43. The lowest BCUT2D eigenvalue weighted by atomic mass is 10.1. The number of non-ortho nitro benzene ring substituents is 1. The summed E-state index contributed by atoms with van der Waals surface area (Å²) in [6.07, 6.45) is 0.830. The van der Waals surface area contributed by atoms with Crippen molar-refractivity contribution in [1.82, 2.24) is 0 Å². The monoisotopic (exact) mass is 338 g/mol. The molecule has 1 aliphatic heterocycles. The number of halogens is 2. The Morgan fingerprint density at radius 2 is 1.91 bits per heavy atom. The molecule has 5 nitrogen and oxygen atoms in total. The van der Waals surface area contributed by atoms with E-state index in [2.05, 4.69) is 0 Å². The summed E-state index contributed by atoms with van der Waals surface area (Å²) in [7, 11) is 1.62. The molecule has 0 spiro atoms. The van der Waals surface area contributed by atoms with Crippen LogP contribution in [0.3, 0.4) is 0 Å². The Hall–Kier alpha value is -1.98. The number of hydrogen-bond donors (Lipinski definition) is 0. The Kier molecular flexibility index (Phi) is 3.85. The number of ether oxygens (including phenoxy) is 1. The number of methoxy groups -OCH3 is 1. The zero-order valence-corrected chi connectivity index (χ0v) is 13.2. The van der Waals surface area contributed by atoms with Gasteiger partial charge in [-0.05, 0) is 30.2 Å². The Balaban J connectivity index is 2.06. The zero-order chi connectivity index (χ0) is 15.9. The predicted molar refractivity (Wildman–Crippen MR) is 86.8 cm³/mol. The molecule has 0 amide bonds. The molecule has 0 saturated carbocycles. The SMILES string of the molecule is COc1ccc2c(c1)CCN2c1c(Cl)cc([N+](=O)[O-])cc1Cl. The Morgan fingerprint density at radius 1 is 1.23 bits per heavy atom. The molecule has 2 aromatic rings. The van der Waals surface area contributed by atoms with Crippen LogP contribution in [0.5, 0.6) is 5.75 Å². The number of rotatable bonds is 3. The van der Waals surface area contributed by atoms with Crippen molar-refractivity contribution in [2.24, 2.45) is 0 Å². The number of nitro groups is 1. The van der Waals surface area contributed by atoms with Crippen molar-refractivity contribution in [3.8, 4) is 5.75 Å². The molecule has 0 bridgehead atoms. The highest BCUT2D eigenvalue weighted by Crippen LogP contribution is 2.44. The molecule has 0 aliphatic carbocycles. The molecule has 0 fully saturated rings. The second-order valence-corrected chi connectivity index (χ2v) is 5.73. The highest BCUT2D eigenvalue weighted by Gasteiger charge is 2.26. The fourth-order valence-electron chi connectivity index (χ4n) is 2.65. The lowest BCUT2D eigenvalue weighted by Gasteiger charge is -2.22. The molecule has 0 atom stereocenters. The minimum Gasteiger partial charge on any atom is -0.497 e. The Morgan fingerprint density at radius 3 is 2.50 bits per heavy atom. The van der Waals surface area contributed by atoms with Crippen molar-refractivity contribution in [3.05, 3.63) is 56.1 Å². The van der Waals surface area contributed by atoms with E-state index >= 15 is 0 Å². The van der Waals surface area contributed by atoms with Gasteiger partial charge in [-0.2, -0.15) is 0 Å². The summed E-state index contributed by atoms with van der Waals surface area (Å²) in [4.78, 5) is 12.3. The first-order chi connectivity index (χ1) is 10.5. The third-order valence-corrected chi connectivity index (χ3v) is 4.24. The van der Waals surface area contributed by atoms with Crippen molar-refractivity contribution in [3.63, 3.8) is 0 Å². The van der Waals surface area contributed by atoms with Crippen molar-refractivity contribution in [2.45, 2.75) is 6.42 Å². The average Bonchev–Trinajstić information content (AvgIpc) is 2.89. The Labute approximate surface area is 137 Å². The molecular weight excluding hydrogens is 327 g/mol. The van der Waals surface area contributed by atoms with Gasteiger partial charge in [0.15, 0.2) is 0 Å². The van der Waals surface area contributed by atoms with E-state index < -0.39 is 4.92 Å². The molecule has 2 aromatic carbocycles. The quantitative estimate of drug-likeness (QED) is 0.606. The van der Waals surface area contributed by atoms with E-state index in [0.717, 1.165) is 23.4 Å². The molecule has 22 heavy (non-hydrogen) atoms. The van der Waals surface area contributed by atoms with Gasteiger partial charge in [0.1, 0.15) is 5.75 Å². The first-order valence-corrected chi connectivity index (χ1v) is 7.34. The van der Waals surface area contributed by atoms with Crippen molar-refractivity contribution < 1.29 is 9.66 Å². The molecule has 0 unspecified atom stereocenters. The first kappa shape index (κ1) is 14.9. The van der Waals surface area contributed by atoms with Crippen molar-refractivity contribution >= 4 is 40.3 Å². The second kappa shape index (κ2) is 5.66. The van der Waals surface area contributed by atoms with Crippen LogP contribution in [0.2, 0.25) is 10.0 Å². The topological polar surface area (TPSA) is 55.6 Å². The number of benzene rings is 2. The van der Waals surface area contributed by atoms with Gasteiger partial charge in [-0.15, -0.1) is 0 Å². The number of anilines is 2.